The van der Waals surface area contributed by atoms with E-state index in [9.17, 15) is 4.79 Å². The average molecular weight is 295 g/mol. The van der Waals surface area contributed by atoms with Crippen LogP contribution in [0.4, 0.5) is 5.69 Å². The lowest BCUT2D eigenvalue weighted by Crippen LogP contribution is -2.24. The van der Waals surface area contributed by atoms with Crippen LogP contribution in [0.15, 0.2) is 59.7 Å². The van der Waals surface area contributed by atoms with Gasteiger partial charge >= 0.3 is 0 Å². The van der Waals surface area contributed by atoms with Crippen LogP contribution in [0.25, 0.3) is 10.9 Å². The number of hydrogen-bond donors (Lipinski definition) is 1. The Kier molecular flexibility index (Phi) is 4.05. The first kappa shape index (κ1) is 14.1. The van der Waals surface area contributed by atoms with Crippen molar-refractivity contribution in [2.45, 2.75) is 6.54 Å². The monoisotopic (exact) mass is 295 g/mol. The minimum Gasteiger partial charge on any atom is -0.497 e. The lowest BCUT2D eigenvalue weighted by molar-refractivity contribution is 0.415. The second kappa shape index (κ2) is 6.30. The first-order valence-corrected chi connectivity index (χ1v) is 7.10. The molecule has 0 aliphatic carbocycles. The Morgan fingerprint density at radius 2 is 1.91 bits per heavy atom. The summed E-state index contributed by atoms with van der Waals surface area (Å²) in [7, 11) is 1.64. The van der Waals surface area contributed by atoms with Gasteiger partial charge in [0, 0.05) is 18.8 Å². The molecule has 5 heteroatoms. The molecule has 0 saturated heterocycles. The average Bonchev–Trinajstić information content (AvgIpc) is 2.58. The van der Waals surface area contributed by atoms with Crippen molar-refractivity contribution in [3.05, 3.63) is 65.2 Å². The molecule has 0 atom stereocenters. The van der Waals surface area contributed by atoms with Gasteiger partial charge < -0.3 is 10.1 Å². The van der Waals surface area contributed by atoms with Crippen LogP contribution in [0.5, 0.6) is 5.75 Å². The maximum absolute atomic E-state index is 12.3. The van der Waals surface area contributed by atoms with Gasteiger partial charge in [-0.2, -0.15) is 0 Å². The number of hydrogen-bond acceptors (Lipinski definition) is 4. The van der Waals surface area contributed by atoms with E-state index < -0.39 is 0 Å². The standard InChI is InChI=1S/C17H17N3O2/c1-22-14-8-6-13(7-9-14)18-10-11-20-12-19-16-5-3-2-4-15(16)17(20)21/h2-9,12,18H,10-11H2,1H3. The summed E-state index contributed by atoms with van der Waals surface area (Å²) >= 11 is 0. The van der Waals surface area contributed by atoms with Crippen molar-refractivity contribution in [3.8, 4) is 5.75 Å². The third kappa shape index (κ3) is 2.93. The summed E-state index contributed by atoms with van der Waals surface area (Å²) in [6, 6.07) is 15.1. The minimum absolute atomic E-state index is 0.0119. The molecule has 0 spiro atoms. The Labute approximate surface area is 128 Å². The van der Waals surface area contributed by atoms with Crippen molar-refractivity contribution < 1.29 is 4.74 Å². The van der Waals surface area contributed by atoms with Gasteiger partial charge in [0.2, 0.25) is 0 Å². The Morgan fingerprint density at radius 3 is 2.68 bits per heavy atom. The topological polar surface area (TPSA) is 56.1 Å². The van der Waals surface area contributed by atoms with E-state index in [0.717, 1.165) is 17.0 Å². The number of para-hydroxylation sites is 1. The highest BCUT2D eigenvalue weighted by molar-refractivity contribution is 5.76. The van der Waals surface area contributed by atoms with Crippen LogP contribution >= 0.6 is 0 Å². The molecule has 3 aromatic rings. The fraction of sp³-hybridized carbons (Fsp3) is 0.176. The van der Waals surface area contributed by atoms with Crippen molar-refractivity contribution in [2.24, 2.45) is 0 Å². The quantitative estimate of drug-likeness (QED) is 0.786. The van der Waals surface area contributed by atoms with E-state index in [2.05, 4.69) is 10.3 Å². The van der Waals surface area contributed by atoms with Gasteiger partial charge in [-0.15, -0.1) is 0 Å². The molecular formula is C17H17N3O2. The van der Waals surface area contributed by atoms with Crippen LogP contribution in [-0.2, 0) is 6.54 Å². The summed E-state index contributed by atoms with van der Waals surface area (Å²) in [4.78, 5) is 16.6. The van der Waals surface area contributed by atoms with Gasteiger partial charge in [0.1, 0.15) is 5.75 Å². The Bertz CT molecular complexity index is 825. The van der Waals surface area contributed by atoms with Crippen molar-refractivity contribution in [2.75, 3.05) is 19.0 Å². The predicted octanol–water partition coefficient (Wildman–Crippen LogP) is 2.52. The summed E-state index contributed by atoms with van der Waals surface area (Å²) in [6.07, 6.45) is 1.60. The fourth-order valence-electron chi connectivity index (χ4n) is 2.29. The minimum atomic E-state index is -0.0119. The largest absolute Gasteiger partial charge is 0.497 e. The highest BCUT2D eigenvalue weighted by Gasteiger charge is 2.02. The van der Waals surface area contributed by atoms with Gasteiger partial charge in [-0.1, -0.05) is 12.1 Å². The zero-order valence-corrected chi connectivity index (χ0v) is 12.3. The number of anilines is 1. The van der Waals surface area contributed by atoms with E-state index in [4.69, 9.17) is 4.74 Å². The molecule has 5 nitrogen and oxygen atoms in total. The van der Waals surface area contributed by atoms with Crippen molar-refractivity contribution in [3.63, 3.8) is 0 Å². The van der Waals surface area contributed by atoms with Crippen molar-refractivity contribution in [1.82, 2.24) is 9.55 Å². The normalized spacial score (nSPS) is 10.6. The lowest BCUT2D eigenvalue weighted by Gasteiger charge is -2.09. The maximum atomic E-state index is 12.3. The Balaban J connectivity index is 1.68. The SMILES string of the molecule is COc1ccc(NCCn2cnc3ccccc3c2=O)cc1. The van der Waals surface area contributed by atoms with Crippen LogP contribution in [0.2, 0.25) is 0 Å². The van der Waals surface area contributed by atoms with Gasteiger partial charge in [0.15, 0.2) is 0 Å². The summed E-state index contributed by atoms with van der Waals surface area (Å²) in [5.41, 5.74) is 1.71. The highest BCUT2D eigenvalue weighted by Crippen LogP contribution is 2.14. The third-order valence-corrected chi connectivity index (χ3v) is 3.50. The third-order valence-electron chi connectivity index (χ3n) is 3.50. The van der Waals surface area contributed by atoms with Crippen LogP contribution in [0.3, 0.4) is 0 Å². The van der Waals surface area contributed by atoms with E-state index in [-0.39, 0.29) is 5.56 Å². The number of nitrogens with zero attached hydrogens (tertiary/aromatic N) is 2. The van der Waals surface area contributed by atoms with Gasteiger partial charge in [-0.25, -0.2) is 4.98 Å². The number of nitrogens with one attached hydrogen (secondary N) is 1. The van der Waals surface area contributed by atoms with Crippen LogP contribution in [-0.4, -0.2) is 23.2 Å². The maximum Gasteiger partial charge on any atom is 0.261 e. The fourth-order valence-corrected chi connectivity index (χ4v) is 2.29. The molecule has 1 heterocycles. The first-order chi connectivity index (χ1) is 10.8. The molecule has 22 heavy (non-hydrogen) atoms. The van der Waals surface area contributed by atoms with Crippen molar-refractivity contribution in [1.29, 1.82) is 0 Å². The van der Waals surface area contributed by atoms with Gasteiger partial charge in [0.05, 0.1) is 24.3 Å². The zero-order chi connectivity index (χ0) is 15.4. The van der Waals surface area contributed by atoms with E-state index in [0.29, 0.717) is 18.5 Å². The Morgan fingerprint density at radius 1 is 1.14 bits per heavy atom. The van der Waals surface area contributed by atoms with Crippen molar-refractivity contribution >= 4 is 16.6 Å². The molecule has 0 unspecified atom stereocenters. The van der Waals surface area contributed by atoms with Crippen LogP contribution < -0.4 is 15.6 Å². The number of benzene rings is 2. The molecule has 0 amide bonds. The summed E-state index contributed by atoms with van der Waals surface area (Å²) < 4.78 is 6.74. The molecule has 1 aromatic heterocycles. The zero-order valence-electron chi connectivity index (χ0n) is 12.3. The smallest absolute Gasteiger partial charge is 0.261 e. The molecule has 0 aliphatic rings. The number of rotatable bonds is 5. The van der Waals surface area contributed by atoms with Crippen LogP contribution in [0.1, 0.15) is 0 Å². The molecule has 112 valence electrons. The molecule has 2 aromatic carbocycles. The predicted molar refractivity (Wildman–Crippen MR) is 87.5 cm³/mol. The van der Waals surface area contributed by atoms with Crippen LogP contribution in [0, 0.1) is 0 Å². The molecule has 0 radical (unpaired) electrons. The lowest BCUT2D eigenvalue weighted by atomic mass is 10.2. The number of ether oxygens (including phenoxy) is 1. The number of fused-ring (bicyclic) bond motifs is 1. The molecule has 1 N–H and O–H groups in total. The summed E-state index contributed by atoms with van der Waals surface area (Å²) in [6.45, 7) is 1.20. The van der Waals surface area contributed by atoms with E-state index in [1.807, 2.05) is 42.5 Å². The van der Waals surface area contributed by atoms with E-state index in [1.54, 1.807) is 24.1 Å². The second-order valence-corrected chi connectivity index (χ2v) is 4.92. The number of aromatic nitrogens is 2. The second-order valence-electron chi connectivity index (χ2n) is 4.92. The molecule has 0 saturated carbocycles. The summed E-state index contributed by atoms with van der Waals surface area (Å²) in [5, 5.41) is 3.92. The summed E-state index contributed by atoms with van der Waals surface area (Å²) in [5.74, 6) is 0.820. The van der Waals surface area contributed by atoms with Gasteiger partial charge in [-0.05, 0) is 36.4 Å². The van der Waals surface area contributed by atoms with Gasteiger partial charge in [-0.3, -0.25) is 9.36 Å². The molecule has 3 rings (SSSR count). The molecular weight excluding hydrogens is 278 g/mol. The molecule has 0 fully saturated rings. The number of methoxy groups -OCH3 is 1. The first-order valence-electron chi connectivity index (χ1n) is 7.10. The molecule has 0 aliphatic heterocycles. The molecule has 0 bridgehead atoms. The Hall–Kier alpha value is -2.82. The van der Waals surface area contributed by atoms with E-state index >= 15 is 0 Å². The highest BCUT2D eigenvalue weighted by atomic mass is 16.5. The van der Waals surface area contributed by atoms with E-state index in [1.165, 1.54) is 0 Å². The van der Waals surface area contributed by atoms with Gasteiger partial charge in [0.25, 0.3) is 5.56 Å².